The summed E-state index contributed by atoms with van der Waals surface area (Å²) in [5.74, 6) is 0.694. The molecule has 1 saturated heterocycles. The van der Waals surface area contributed by atoms with E-state index in [1.165, 1.54) is 49.2 Å². The molecule has 42 heavy (non-hydrogen) atoms. The molecular formula is C29H26F3N5O5. The quantitative estimate of drug-likeness (QED) is 0.211. The fraction of sp³-hybridized carbons (Fsp3) is 0.241. The molecule has 0 saturated carbocycles. The Hall–Kier alpha value is -5.07. The van der Waals surface area contributed by atoms with E-state index in [4.69, 9.17) is 9.47 Å². The number of piperazine rings is 1. The summed E-state index contributed by atoms with van der Waals surface area (Å²) in [6.07, 6.45) is -4.45. The number of aromatic nitrogens is 2. The van der Waals surface area contributed by atoms with Crippen LogP contribution in [0.3, 0.4) is 0 Å². The number of amides is 1. The Morgan fingerprint density at radius 1 is 0.905 bits per heavy atom. The van der Waals surface area contributed by atoms with Crippen LogP contribution >= 0.6 is 0 Å². The van der Waals surface area contributed by atoms with Crippen molar-refractivity contribution in [3.8, 4) is 28.4 Å². The Bertz CT molecular complexity index is 1610. The largest absolute Gasteiger partial charge is 0.497 e. The predicted molar refractivity (Wildman–Crippen MR) is 148 cm³/mol. The van der Waals surface area contributed by atoms with E-state index < -0.39 is 16.7 Å². The standard InChI is InChI=1S/C29H26F3N5O5/c1-41-23-10-11-24(27(17-23)42-2)25-18-26(36(33-25)20-6-8-21(9-7-20)37(39)40)28(38)35-14-12-34(13-15-35)22-5-3-4-19(16-22)29(30,31)32/h3-11,16-18H,12-15H2,1-2H3. The summed E-state index contributed by atoms with van der Waals surface area (Å²) >= 11 is 0. The van der Waals surface area contributed by atoms with E-state index in [2.05, 4.69) is 5.10 Å². The number of hydrogen-bond donors (Lipinski definition) is 0. The second kappa shape index (κ2) is 11.4. The Morgan fingerprint density at radius 2 is 1.62 bits per heavy atom. The Morgan fingerprint density at radius 3 is 2.24 bits per heavy atom. The Balaban J connectivity index is 1.45. The fourth-order valence-electron chi connectivity index (χ4n) is 4.80. The highest BCUT2D eigenvalue weighted by Crippen LogP contribution is 2.35. The summed E-state index contributed by atoms with van der Waals surface area (Å²) < 4.78 is 51.9. The lowest BCUT2D eigenvalue weighted by Gasteiger charge is -2.36. The van der Waals surface area contributed by atoms with Gasteiger partial charge in [-0.1, -0.05) is 6.07 Å². The zero-order chi connectivity index (χ0) is 30.0. The van der Waals surface area contributed by atoms with Gasteiger partial charge in [-0.15, -0.1) is 0 Å². The molecule has 0 atom stereocenters. The van der Waals surface area contributed by atoms with E-state index in [0.717, 1.165) is 12.1 Å². The van der Waals surface area contributed by atoms with Gasteiger partial charge in [0.1, 0.15) is 17.2 Å². The zero-order valence-corrected chi connectivity index (χ0v) is 22.7. The monoisotopic (exact) mass is 581 g/mol. The molecule has 3 aromatic carbocycles. The molecule has 1 fully saturated rings. The molecule has 2 heterocycles. The molecule has 218 valence electrons. The highest BCUT2D eigenvalue weighted by Gasteiger charge is 2.32. The number of halogens is 3. The van der Waals surface area contributed by atoms with Gasteiger partial charge in [-0.25, -0.2) is 4.68 Å². The van der Waals surface area contributed by atoms with Crippen LogP contribution in [0, 0.1) is 10.1 Å². The smallest absolute Gasteiger partial charge is 0.416 e. The van der Waals surface area contributed by atoms with Crippen molar-refractivity contribution in [1.82, 2.24) is 14.7 Å². The van der Waals surface area contributed by atoms with Crippen molar-refractivity contribution in [2.75, 3.05) is 45.3 Å². The van der Waals surface area contributed by atoms with Crippen molar-refractivity contribution >= 4 is 17.3 Å². The van der Waals surface area contributed by atoms with Gasteiger partial charge in [-0.05, 0) is 48.5 Å². The third kappa shape index (κ3) is 5.71. The summed E-state index contributed by atoms with van der Waals surface area (Å²) in [7, 11) is 3.03. The molecule has 13 heteroatoms. The van der Waals surface area contributed by atoms with Gasteiger partial charge >= 0.3 is 6.18 Å². The second-order valence-electron chi connectivity index (χ2n) is 9.49. The summed E-state index contributed by atoms with van der Waals surface area (Å²) in [4.78, 5) is 27.9. The van der Waals surface area contributed by atoms with Gasteiger partial charge in [0.15, 0.2) is 0 Å². The van der Waals surface area contributed by atoms with Gasteiger partial charge in [0.25, 0.3) is 11.6 Å². The number of methoxy groups -OCH3 is 2. The number of hydrogen-bond acceptors (Lipinski definition) is 7. The van der Waals surface area contributed by atoms with E-state index in [1.807, 2.05) is 0 Å². The number of nitro groups is 1. The van der Waals surface area contributed by atoms with Crippen LogP contribution in [0.25, 0.3) is 16.9 Å². The van der Waals surface area contributed by atoms with Crippen molar-refractivity contribution < 1.29 is 32.4 Å². The summed E-state index contributed by atoms with van der Waals surface area (Å²) in [6, 6.07) is 17.6. The van der Waals surface area contributed by atoms with Crippen LogP contribution in [0.5, 0.6) is 11.5 Å². The number of rotatable bonds is 7. The highest BCUT2D eigenvalue weighted by atomic mass is 19.4. The van der Waals surface area contributed by atoms with Crippen LogP contribution in [0.4, 0.5) is 24.5 Å². The Labute approximate surface area is 238 Å². The molecule has 10 nitrogen and oxygen atoms in total. The number of nitro benzene ring substituents is 1. The first-order valence-corrected chi connectivity index (χ1v) is 12.9. The maximum atomic E-state index is 13.8. The van der Waals surface area contributed by atoms with Crippen LogP contribution in [-0.4, -0.2) is 65.9 Å². The predicted octanol–water partition coefficient (Wildman–Crippen LogP) is 5.45. The van der Waals surface area contributed by atoms with Gasteiger partial charge in [0.05, 0.1) is 36.1 Å². The normalized spacial score (nSPS) is 13.6. The van der Waals surface area contributed by atoms with E-state index >= 15 is 0 Å². The molecule has 0 aliphatic carbocycles. The number of carbonyl (C=O) groups is 1. The van der Waals surface area contributed by atoms with Gasteiger partial charge in [-0.2, -0.15) is 18.3 Å². The lowest BCUT2D eigenvalue weighted by atomic mass is 10.1. The molecule has 1 aliphatic rings. The van der Waals surface area contributed by atoms with Crippen LogP contribution in [0.15, 0.2) is 72.8 Å². The van der Waals surface area contributed by atoms with Gasteiger partial charge < -0.3 is 19.3 Å². The first-order chi connectivity index (χ1) is 20.1. The molecular weight excluding hydrogens is 555 g/mol. The first-order valence-electron chi connectivity index (χ1n) is 12.9. The van der Waals surface area contributed by atoms with E-state index in [9.17, 15) is 28.1 Å². The molecule has 1 aliphatic heterocycles. The average molecular weight is 582 g/mol. The molecule has 4 aromatic rings. The summed E-state index contributed by atoms with van der Waals surface area (Å²) in [5, 5.41) is 15.8. The minimum atomic E-state index is -4.45. The number of carbonyl (C=O) groups excluding carboxylic acids is 1. The molecule has 0 unspecified atom stereocenters. The zero-order valence-electron chi connectivity index (χ0n) is 22.7. The highest BCUT2D eigenvalue weighted by molar-refractivity contribution is 5.95. The van der Waals surface area contributed by atoms with Crippen LogP contribution in [-0.2, 0) is 6.18 Å². The van der Waals surface area contributed by atoms with Crippen molar-refractivity contribution in [3.05, 3.63) is 94.2 Å². The van der Waals surface area contributed by atoms with Crippen molar-refractivity contribution in [3.63, 3.8) is 0 Å². The van der Waals surface area contributed by atoms with Crippen LogP contribution in [0.1, 0.15) is 16.1 Å². The summed E-state index contributed by atoms with van der Waals surface area (Å²) in [5.41, 5.74) is 1.27. The third-order valence-corrected chi connectivity index (χ3v) is 7.02. The molecule has 0 spiro atoms. The molecule has 1 amide bonds. The van der Waals surface area contributed by atoms with E-state index in [0.29, 0.717) is 47.2 Å². The molecule has 5 rings (SSSR count). The van der Waals surface area contributed by atoms with Crippen molar-refractivity contribution in [1.29, 1.82) is 0 Å². The minimum absolute atomic E-state index is 0.110. The third-order valence-electron chi connectivity index (χ3n) is 7.02. The van der Waals surface area contributed by atoms with Gasteiger partial charge in [-0.3, -0.25) is 14.9 Å². The number of benzene rings is 3. The number of non-ortho nitro benzene ring substituents is 1. The maximum Gasteiger partial charge on any atom is 0.416 e. The van der Waals surface area contributed by atoms with Crippen LogP contribution in [0.2, 0.25) is 0 Å². The number of alkyl halides is 3. The lowest BCUT2D eigenvalue weighted by molar-refractivity contribution is -0.384. The second-order valence-corrected chi connectivity index (χ2v) is 9.49. The molecule has 1 aromatic heterocycles. The van der Waals surface area contributed by atoms with Crippen molar-refractivity contribution in [2.24, 2.45) is 0 Å². The molecule has 0 N–H and O–H groups in total. The average Bonchev–Trinajstić information content (AvgIpc) is 3.45. The van der Waals surface area contributed by atoms with E-state index in [1.54, 1.807) is 40.1 Å². The lowest BCUT2D eigenvalue weighted by Crippen LogP contribution is -2.49. The van der Waals surface area contributed by atoms with E-state index in [-0.39, 0.29) is 30.4 Å². The van der Waals surface area contributed by atoms with Crippen molar-refractivity contribution in [2.45, 2.75) is 6.18 Å². The number of nitrogens with zero attached hydrogens (tertiary/aromatic N) is 5. The fourth-order valence-corrected chi connectivity index (χ4v) is 4.80. The maximum absolute atomic E-state index is 13.8. The summed E-state index contributed by atoms with van der Waals surface area (Å²) in [6.45, 7) is 1.19. The number of anilines is 1. The van der Waals surface area contributed by atoms with Gasteiger partial charge in [0, 0.05) is 55.6 Å². The Kier molecular flexibility index (Phi) is 7.74. The molecule has 0 radical (unpaired) electrons. The molecule has 0 bridgehead atoms. The van der Waals surface area contributed by atoms with Crippen LogP contribution < -0.4 is 14.4 Å². The first kappa shape index (κ1) is 28.5. The van der Waals surface area contributed by atoms with Gasteiger partial charge in [0.2, 0.25) is 0 Å². The number of ether oxygens (including phenoxy) is 2. The minimum Gasteiger partial charge on any atom is -0.497 e. The topological polar surface area (TPSA) is 103 Å². The SMILES string of the molecule is COc1ccc(-c2cc(C(=O)N3CCN(c4cccc(C(F)(F)F)c4)CC3)n(-c3ccc([N+](=O)[O-])cc3)n2)c(OC)c1.